The number of aromatic hydroxyl groups is 1. The molecule has 1 heterocycles. The van der Waals surface area contributed by atoms with Crippen molar-refractivity contribution in [3.63, 3.8) is 0 Å². The summed E-state index contributed by atoms with van der Waals surface area (Å²) in [6.45, 7) is -0.321. The van der Waals surface area contributed by atoms with Crippen LogP contribution in [-0.4, -0.2) is 87.5 Å². The van der Waals surface area contributed by atoms with Crippen LogP contribution in [0.2, 0.25) is 0 Å². The van der Waals surface area contributed by atoms with Crippen molar-refractivity contribution >= 4 is 24.0 Å². The summed E-state index contributed by atoms with van der Waals surface area (Å²) in [6.07, 6.45) is 0.494. The molecule has 0 bridgehead atoms. The Morgan fingerprint density at radius 1 is 1.35 bits per heavy atom. The fourth-order valence-corrected chi connectivity index (χ4v) is 2.97. The van der Waals surface area contributed by atoms with Gasteiger partial charge in [-0.25, -0.2) is 4.79 Å². The zero-order chi connectivity index (χ0) is 19.6. The van der Waals surface area contributed by atoms with E-state index in [0.717, 1.165) is 11.0 Å². The lowest BCUT2D eigenvalue weighted by Gasteiger charge is -2.50. The predicted octanol–water partition coefficient (Wildman–Crippen LogP) is -0.443. The molecule has 0 aliphatic carbocycles. The molecule has 11 nitrogen and oxygen atoms in total. The van der Waals surface area contributed by atoms with Gasteiger partial charge in [0.05, 0.1) is 17.0 Å². The lowest BCUT2D eigenvalue weighted by Crippen LogP contribution is -2.73. The normalized spacial score (nSPS) is 20.1. The van der Waals surface area contributed by atoms with E-state index in [1.807, 2.05) is 0 Å². The first kappa shape index (κ1) is 19.1. The van der Waals surface area contributed by atoms with Crippen molar-refractivity contribution in [2.24, 2.45) is 0 Å². The largest absolute Gasteiger partial charge is 0.502 e. The van der Waals surface area contributed by atoms with Crippen LogP contribution in [0.4, 0.5) is 5.69 Å². The monoisotopic (exact) mass is 366 g/mol. The molecule has 2 amide bonds. The number of nitrogens with zero attached hydrogens (tertiary/aromatic N) is 4. The number of phenolic OH excluding ortho intramolecular Hbond substituents is 1. The Morgan fingerprint density at radius 2 is 2.00 bits per heavy atom. The molecule has 140 valence electrons. The second-order valence-electron chi connectivity index (χ2n) is 5.98. The van der Waals surface area contributed by atoms with Crippen molar-refractivity contribution in [1.29, 1.82) is 0 Å². The summed E-state index contributed by atoms with van der Waals surface area (Å²) in [5, 5.41) is 30.9. The Hall–Kier alpha value is -3.21. The second-order valence-corrected chi connectivity index (χ2v) is 5.98. The van der Waals surface area contributed by atoms with Crippen LogP contribution < -0.4 is 0 Å². The van der Waals surface area contributed by atoms with E-state index in [1.54, 1.807) is 0 Å². The molecule has 1 fully saturated rings. The van der Waals surface area contributed by atoms with Gasteiger partial charge in [0.1, 0.15) is 0 Å². The van der Waals surface area contributed by atoms with Gasteiger partial charge in [0.25, 0.3) is 5.91 Å². The van der Waals surface area contributed by atoms with Crippen molar-refractivity contribution < 1.29 is 29.5 Å². The van der Waals surface area contributed by atoms with E-state index in [2.05, 4.69) is 0 Å². The summed E-state index contributed by atoms with van der Waals surface area (Å²) in [4.78, 5) is 49.7. The van der Waals surface area contributed by atoms with Gasteiger partial charge < -0.3 is 20.0 Å². The molecule has 1 saturated heterocycles. The van der Waals surface area contributed by atoms with Crippen LogP contribution in [0.5, 0.6) is 5.75 Å². The van der Waals surface area contributed by atoms with Gasteiger partial charge in [0.2, 0.25) is 17.8 Å². The molecule has 11 heteroatoms. The van der Waals surface area contributed by atoms with E-state index in [0.29, 0.717) is 6.41 Å². The van der Waals surface area contributed by atoms with E-state index < -0.39 is 33.9 Å². The third kappa shape index (κ3) is 2.92. The number of likely N-dealkylation sites (N-methyl/N-ethyl adjacent to an activating group) is 1. The number of rotatable bonds is 5. The van der Waals surface area contributed by atoms with E-state index in [9.17, 15) is 34.7 Å². The van der Waals surface area contributed by atoms with Gasteiger partial charge in [-0.3, -0.25) is 24.6 Å². The van der Waals surface area contributed by atoms with E-state index in [-0.39, 0.29) is 25.2 Å². The fraction of sp³-hybridized carbons (Fsp3) is 0.400. The number of benzene rings is 1. The summed E-state index contributed by atoms with van der Waals surface area (Å²) in [5.41, 5.74) is -2.92. The third-order valence-corrected chi connectivity index (χ3v) is 4.40. The van der Waals surface area contributed by atoms with Crippen LogP contribution in [0.1, 0.15) is 10.4 Å². The molecule has 1 aliphatic rings. The maximum absolute atomic E-state index is 13.0. The van der Waals surface area contributed by atoms with Crippen LogP contribution in [0.25, 0.3) is 0 Å². The van der Waals surface area contributed by atoms with Gasteiger partial charge in [0, 0.05) is 19.2 Å². The summed E-state index contributed by atoms with van der Waals surface area (Å²) in [7, 11) is 2.88. The van der Waals surface area contributed by atoms with Crippen molar-refractivity contribution in [1.82, 2.24) is 14.7 Å². The number of carbonyl (C=O) groups is 3. The average molecular weight is 366 g/mol. The van der Waals surface area contributed by atoms with Crippen molar-refractivity contribution in [3.8, 4) is 5.75 Å². The smallest absolute Gasteiger partial charge is 0.347 e. The number of carboxylic acid groups (broad SMARTS) is 1. The minimum Gasteiger partial charge on any atom is -0.502 e. The standard InChI is InChI=1S/C15H18N4O7/c1-16(2)15(14(23)24)8-17(9-20)6-7-18(15)13(22)10-4-3-5-11(12(10)21)19(25)26/h3-5,9,21H,6-8H2,1-2H3,(H,23,24). The Balaban J connectivity index is 2.56. The van der Waals surface area contributed by atoms with Crippen LogP contribution in [0.3, 0.4) is 0 Å². The molecule has 1 unspecified atom stereocenters. The minimum absolute atomic E-state index is 0.0911. The fourth-order valence-electron chi connectivity index (χ4n) is 2.97. The molecule has 0 aromatic heterocycles. The van der Waals surface area contributed by atoms with Gasteiger partial charge in [0.15, 0.2) is 0 Å². The second kappa shape index (κ2) is 6.96. The molecule has 1 aromatic rings. The van der Waals surface area contributed by atoms with E-state index >= 15 is 0 Å². The number of hydrogen-bond acceptors (Lipinski definition) is 7. The first-order valence-corrected chi connectivity index (χ1v) is 7.55. The Bertz CT molecular complexity index is 766. The summed E-state index contributed by atoms with van der Waals surface area (Å²) < 4.78 is 0. The van der Waals surface area contributed by atoms with Gasteiger partial charge >= 0.3 is 11.7 Å². The lowest BCUT2D eigenvalue weighted by molar-refractivity contribution is -0.385. The predicted molar refractivity (Wildman–Crippen MR) is 87.5 cm³/mol. The zero-order valence-corrected chi connectivity index (χ0v) is 14.2. The van der Waals surface area contributed by atoms with Crippen molar-refractivity contribution in [2.45, 2.75) is 5.66 Å². The van der Waals surface area contributed by atoms with Crippen LogP contribution >= 0.6 is 0 Å². The Morgan fingerprint density at radius 3 is 2.50 bits per heavy atom. The molecular formula is C15H18N4O7. The molecule has 0 radical (unpaired) electrons. The zero-order valence-electron chi connectivity index (χ0n) is 14.2. The van der Waals surface area contributed by atoms with Gasteiger partial charge in [-0.05, 0) is 20.2 Å². The van der Waals surface area contributed by atoms with Crippen LogP contribution in [-0.2, 0) is 9.59 Å². The highest BCUT2D eigenvalue weighted by Gasteiger charge is 2.53. The molecule has 1 aliphatic heterocycles. The van der Waals surface area contributed by atoms with Gasteiger partial charge in [-0.2, -0.15) is 0 Å². The number of amides is 2. The summed E-state index contributed by atoms with van der Waals surface area (Å²) in [5.74, 6) is -3.08. The molecule has 1 atom stereocenters. The number of piperazine rings is 1. The number of carbonyl (C=O) groups excluding carboxylic acids is 2. The van der Waals surface area contributed by atoms with Gasteiger partial charge in [-0.15, -0.1) is 0 Å². The average Bonchev–Trinajstić information content (AvgIpc) is 2.59. The SMILES string of the molecule is CN(C)C1(C(=O)O)CN(C=O)CCN1C(=O)c1cccc([N+](=O)[O-])c1O. The maximum Gasteiger partial charge on any atom is 0.347 e. The number of nitro benzene ring substituents is 1. The van der Waals surface area contributed by atoms with Crippen molar-refractivity contribution in [2.75, 3.05) is 33.7 Å². The van der Waals surface area contributed by atoms with Crippen molar-refractivity contribution in [3.05, 3.63) is 33.9 Å². The maximum atomic E-state index is 13.0. The number of carboxylic acids is 1. The molecule has 26 heavy (non-hydrogen) atoms. The van der Waals surface area contributed by atoms with Crippen LogP contribution in [0, 0.1) is 10.1 Å². The van der Waals surface area contributed by atoms with E-state index in [4.69, 9.17) is 0 Å². The van der Waals surface area contributed by atoms with Gasteiger partial charge in [-0.1, -0.05) is 6.07 Å². The highest BCUT2D eigenvalue weighted by Crippen LogP contribution is 2.33. The first-order chi connectivity index (χ1) is 12.2. The highest BCUT2D eigenvalue weighted by molar-refractivity contribution is 6.01. The molecular weight excluding hydrogens is 348 g/mol. The van der Waals surface area contributed by atoms with Crippen LogP contribution in [0.15, 0.2) is 18.2 Å². The first-order valence-electron chi connectivity index (χ1n) is 7.55. The number of hydrogen-bond donors (Lipinski definition) is 2. The molecule has 0 spiro atoms. The molecule has 2 N–H and O–H groups in total. The highest BCUT2D eigenvalue weighted by atomic mass is 16.6. The topological polar surface area (TPSA) is 145 Å². The third-order valence-electron chi connectivity index (χ3n) is 4.40. The minimum atomic E-state index is -1.88. The quantitative estimate of drug-likeness (QED) is 0.405. The summed E-state index contributed by atoms with van der Waals surface area (Å²) in [6, 6.07) is 3.44. The number of phenols is 1. The van der Waals surface area contributed by atoms with E-state index in [1.165, 1.54) is 36.0 Å². The summed E-state index contributed by atoms with van der Waals surface area (Å²) >= 11 is 0. The number of aliphatic carboxylic acids is 1. The molecule has 0 saturated carbocycles. The molecule has 1 aromatic carbocycles. The Kier molecular flexibility index (Phi) is 5.12. The molecule has 2 rings (SSSR count). The Labute approximate surface area is 148 Å². The lowest BCUT2D eigenvalue weighted by atomic mass is 10.0. The number of nitro groups is 1. The number of para-hydroxylation sites is 1.